The second kappa shape index (κ2) is 6.54. The average Bonchev–Trinajstić information content (AvgIpc) is 2.63. The zero-order chi connectivity index (χ0) is 15.6. The molecule has 1 N–H and O–H groups in total. The number of ether oxygens (including phenoxy) is 2. The van der Waals surface area contributed by atoms with Crippen molar-refractivity contribution in [1.82, 2.24) is 5.32 Å². The third-order valence-electron chi connectivity index (χ3n) is 3.66. The summed E-state index contributed by atoms with van der Waals surface area (Å²) in [5.41, 5.74) is 0.847. The summed E-state index contributed by atoms with van der Waals surface area (Å²) < 4.78 is 35.8. The molecule has 2 unspecified atom stereocenters. The van der Waals surface area contributed by atoms with Gasteiger partial charge in [0.15, 0.2) is 21.3 Å². The van der Waals surface area contributed by atoms with Gasteiger partial charge in [-0.15, -0.1) is 0 Å². The lowest BCUT2D eigenvalue weighted by atomic mass is 10.0. The number of nitrogens with one attached hydrogen (secondary N) is 1. The summed E-state index contributed by atoms with van der Waals surface area (Å²) in [6.45, 7) is 2.92. The maximum absolute atomic E-state index is 11.8. The first-order valence-electron chi connectivity index (χ1n) is 6.79. The number of hydrogen-bond acceptors (Lipinski definition) is 5. The summed E-state index contributed by atoms with van der Waals surface area (Å²) in [6.07, 6.45) is 2.08. The van der Waals surface area contributed by atoms with E-state index in [0.717, 1.165) is 16.5 Å². The molecule has 0 radical (unpaired) electrons. The first-order chi connectivity index (χ1) is 9.84. The molecular formula is C14H20BrNO4S. The van der Waals surface area contributed by atoms with Gasteiger partial charge in [-0.25, -0.2) is 8.42 Å². The molecule has 21 heavy (non-hydrogen) atoms. The predicted octanol–water partition coefficient (Wildman–Crippen LogP) is 2.30. The van der Waals surface area contributed by atoms with Gasteiger partial charge in [-0.3, -0.25) is 0 Å². The molecule has 0 saturated heterocycles. The van der Waals surface area contributed by atoms with Crippen LogP contribution in [0.1, 0.15) is 24.9 Å². The molecule has 5 nitrogen and oxygen atoms in total. The van der Waals surface area contributed by atoms with Crippen LogP contribution >= 0.6 is 15.9 Å². The van der Waals surface area contributed by atoms with Gasteiger partial charge in [-0.1, -0.05) is 15.9 Å². The highest BCUT2D eigenvalue weighted by atomic mass is 79.9. The molecule has 1 aliphatic rings. The number of sulfone groups is 1. The first kappa shape index (κ1) is 16.6. The van der Waals surface area contributed by atoms with E-state index in [9.17, 15) is 8.42 Å². The predicted molar refractivity (Wildman–Crippen MR) is 85.9 cm³/mol. The Hall–Kier alpha value is -0.790. The molecule has 1 heterocycles. The maximum Gasteiger partial charge on any atom is 0.162 e. The Labute approximate surface area is 134 Å². The smallest absolute Gasteiger partial charge is 0.162 e. The van der Waals surface area contributed by atoms with Crippen LogP contribution in [0.25, 0.3) is 0 Å². The third kappa shape index (κ3) is 3.70. The van der Waals surface area contributed by atoms with Crippen molar-refractivity contribution in [2.45, 2.75) is 24.6 Å². The number of benzene rings is 1. The topological polar surface area (TPSA) is 64.6 Å². The second-order valence-corrected chi connectivity index (χ2v) is 8.43. The van der Waals surface area contributed by atoms with Crippen molar-refractivity contribution in [3.05, 3.63) is 22.2 Å². The largest absolute Gasteiger partial charge is 0.490 e. The molecular weight excluding hydrogens is 358 g/mol. The van der Waals surface area contributed by atoms with Gasteiger partial charge in [-0.2, -0.15) is 0 Å². The van der Waals surface area contributed by atoms with Gasteiger partial charge in [0, 0.05) is 23.2 Å². The van der Waals surface area contributed by atoms with E-state index in [-0.39, 0.29) is 6.04 Å². The van der Waals surface area contributed by atoms with Crippen molar-refractivity contribution in [1.29, 1.82) is 0 Å². The van der Waals surface area contributed by atoms with Crippen LogP contribution in [-0.4, -0.2) is 40.2 Å². The van der Waals surface area contributed by atoms with Gasteiger partial charge in [0.05, 0.1) is 18.5 Å². The van der Waals surface area contributed by atoms with Crippen LogP contribution < -0.4 is 14.8 Å². The fraction of sp³-hybridized carbons (Fsp3) is 0.571. The van der Waals surface area contributed by atoms with E-state index in [1.807, 2.05) is 12.1 Å². The van der Waals surface area contributed by atoms with Gasteiger partial charge >= 0.3 is 0 Å². The summed E-state index contributed by atoms with van der Waals surface area (Å²) >= 11 is 3.51. The lowest BCUT2D eigenvalue weighted by Gasteiger charge is -2.24. The Kier molecular flexibility index (Phi) is 5.16. The minimum atomic E-state index is -3.16. The Morgan fingerprint density at radius 1 is 1.24 bits per heavy atom. The number of hydrogen-bond donors (Lipinski definition) is 1. The van der Waals surface area contributed by atoms with Crippen molar-refractivity contribution >= 4 is 25.8 Å². The van der Waals surface area contributed by atoms with Crippen LogP contribution in [0.2, 0.25) is 0 Å². The highest BCUT2D eigenvalue weighted by Crippen LogP contribution is 2.39. The van der Waals surface area contributed by atoms with E-state index in [4.69, 9.17) is 9.47 Å². The summed E-state index contributed by atoms with van der Waals surface area (Å²) in [7, 11) is -1.41. The molecule has 1 aliphatic heterocycles. The lowest BCUT2D eigenvalue weighted by Crippen LogP contribution is -2.33. The number of halogens is 1. The molecule has 1 aromatic carbocycles. The van der Waals surface area contributed by atoms with Crippen molar-refractivity contribution in [3.63, 3.8) is 0 Å². The fourth-order valence-electron chi connectivity index (χ4n) is 2.33. The molecule has 7 heteroatoms. The molecule has 0 aromatic heterocycles. The molecule has 0 fully saturated rings. The summed E-state index contributed by atoms with van der Waals surface area (Å²) in [4.78, 5) is 0. The van der Waals surface area contributed by atoms with Crippen molar-refractivity contribution in [2.75, 3.05) is 26.5 Å². The minimum Gasteiger partial charge on any atom is -0.490 e. The Morgan fingerprint density at radius 3 is 2.33 bits per heavy atom. The summed E-state index contributed by atoms with van der Waals surface area (Å²) in [6, 6.07) is 3.37. The molecule has 2 atom stereocenters. The lowest BCUT2D eigenvalue weighted by molar-refractivity contribution is 0.297. The average molecular weight is 378 g/mol. The van der Waals surface area contributed by atoms with Gasteiger partial charge in [-0.05, 0) is 31.7 Å². The van der Waals surface area contributed by atoms with Crippen molar-refractivity contribution < 1.29 is 17.9 Å². The molecule has 0 aliphatic carbocycles. The fourth-order valence-corrected chi connectivity index (χ4v) is 3.67. The first-order valence-corrected chi connectivity index (χ1v) is 9.54. The summed E-state index contributed by atoms with van der Waals surface area (Å²) in [5, 5.41) is 2.53. The highest BCUT2D eigenvalue weighted by molar-refractivity contribution is 9.10. The van der Waals surface area contributed by atoms with E-state index in [1.54, 1.807) is 14.0 Å². The van der Waals surface area contributed by atoms with E-state index in [2.05, 4.69) is 21.2 Å². The van der Waals surface area contributed by atoms with E-state index in [1.165, 1.54) is 6.26 Å². The Morgan fingerprint density at radius 2 is 1.81 bits per heavy atom. The normalized spacial score (nSPS) is 17.9. The van der Waals surface area contributed by atoms with E-state index >= 15 is 0 Å². The minimum absolute atomic E-state index is 0.327. The van der Waals surface area contributed by atoms with Gasteiger partial charge in [0.1, 0.15) is 0 Å². The zero-order valence-corrected chi connectivity index (χ0v) is 14.8. The van der Waals surface area contributed by atoms with Crippen LogP contribution in [0.3, 0.4) is 0 Å². The summed E-state index contributed by atoms with van der Waals surface area (Å²) in [5.74, 6) is 1.34. The standard InChI is InChI=1S/C14H20BrNO4S/c1-9(21(3,17)18)14(16-2)10-7-12-13(8-11(10)15)20-6-4-5-19-12/h7-9,14,16H,4-6H2,1-3H3. The maximum atomic E-state index is 11.8. The molecule has 0 saturated carbocycles. The zero-order valence-electron chi connectivity index (χ0n) is 12.3. The Balaban J connectivity index is 2.45. The SMILES string of the molecule is CNC(c1cc2c(cc1Br)OCCCO2)C(C)S(C)(=O)=O. The van der Waals surface area contributed by atoms with Crippen LogP contribution in [0, 0.1) is 0 Å². The molecule has 118 valence electrons. The van der Waals surface area contributed by atoms with Crippen LogP contribution in [0.4, 0.5) is 0 Å². The van der Waals surface area contributed by atoms with Crippen molar-refractivity contribution in [3.8, 4) is 11.5 Å². The molecule has 0 bridgehead atoms. The van der Waals surface area contributed by atoms with Crippen LogP contribution in [-0.2, 0) is 9.84 Å². The van der Waals surface area contributed by atoms with E-state index < -0.39 is 15.1 Å². The van der Waals surface area contributed by atoms with Crippen molar-refractivity contribution in [2.24, 2.45) is 0 Å². The number of rotatable bonds is 4. The molecule has 0 spiro atoms. The highest BCUT2D eigenvalue weighted by Gasteiger charge is 2.29. The second-order valence-electron chi connectivity index (χ2n) is 5.17. The molecule has 1 aromatic rings. The van der Waals surface area contributed by atoms with Crippen LogP contribution in [0.15, 0.2) is 16.6 Å². The van der Waals surface area contributed by atoms with Gasteiger partial charge in [0.2, 0.25) is 0 Å². The monoisotopic (exact) mass is 377 g/mol. The van der Waals surface area contributed by atoms with Gasteiger partial charge in [0.25, 0.3) is 0 Å². The van der Waals surface area contributed by atoms with Gasteiger partial charge < -0.3 is 14.8 Å². The van der Waals surface area contributed by atoms with E-state index in [0.29, 0.717) is 24.7 Å². The molecule has 0 amide bonds. The number of fused-ring (bicyclic) bond motifs is 1. The molecule has 2 rings (SSSR count). The quantitative estimate of drug-likeness (QED) is 0.871. The Bertz CT molecular complexity index is 618. The van der Waals surface area contributed by atoms with Crippen LogP contribution in [0.5, 0.6) is 11.5 Å². The third-order valence-corrected chi connectivity index (χ3v) is 5.97.